The number of hydrogen-bond donors (Lipinski definition) is 1. The van der Waals surface area contributed by atoms with Crippen molar-refractivity contribution in [1.29, 1.82) is 0 Å². The molecule has 4 rings (SSSR count). The number of thioether (sulfide) groups is 1. The summed E-state index contributed by atoms with van der Waals surface area (Å²) in [6.07, 6.45) is 0. The fourth-order valence-corrected chi connectivity index (χ4v) is 5.76. The van der Waals surface area contributed by atoms with Crippen molar-refractivity contribution in [3.8, 4) is 5.75 Å². The molecule has 0 saturated carbocycles. The van der Waals surface area contributed by atoms with E-state index in [-0.39, 0.29) is 30.4 Å². The van der Waals surface area contributed by atoms with Gasteiger partial charge in [0.15, 0.2) is 5.16 Å². The SMILES string of the molecule is CCOC(=O)c1sc2nc(SCC(=O)Nc3ccc(OCC)cc3)n(Cc3ccc(C)cc3)c(=O)c2c1C. The van der Waals surface area contributed by atoms with E-state index in [0.29, 0.717) is 38.1 Å². The molecule has 1 amide bonds. The van der Waals surface area contributed by atoms with E-state index in [2.05, 4.69) is 5.32 Å². The molecule has 0 atom stereocenters. The van der Waals surface area contributed by atoms with E-state index in [0.717, 1.165) is 28.2 Å². The first-order valence-electron chi connectivity index (χ1n) is 12.2. The lowest BCUT2D eigenvalue weighted by Gasteiger charge is -2.13. The predicted octanol–water partition coefficient (Wildman–Crippen LogP) is 5.43. The Morgan fingerprint density at radius 1 is 1.03 bits per heavy atom. The summed E-state index contributed by atoms with van der Waals surface area (Å²) in [5.74, 6) is 0.0750. The van der Waals surface area contributed by atoms with Crippen LogP contribution in [0.4, 0.5) is 5.69 Å². The molecule has 0 aliphatic heterocycles. The Balaban J connectivity index is 1.64. The number of esters is 1. The number of benzene rings is 2. The molecule has 0 saturated heterocycles. The summed E-state index contributed by atoms with van der Waals surface area (Å²) in [6.45, 7) is 8.47. The number of nitrogens with one attached hydrogen (secondary N) is 1. The molecule has 1 N–H and O–H groups in total. The minimum absolute atomic E-state index is 0.0497. The summed E-state index contributed by atoms with van der Waals surface area (Å²) in [4.78, 5) is 44.5. The second-order valence-electron chi connectivity index (χ2n) is 8.52. The van der Waals surface area contributed by atoms with Gasteiger partial charge in [-0.2, -0.15) is 0 Å². The number of carbonyl (C=O) groups is 2. The Morgan fingerprint density at radius 2 is 1.74 bits per heavy atom. The summed E-state index contributed by atoms with van der Waals surface area (Å²) in [6, 6.07) is 15.0. The Bertz CT molecular complexity index is 1510. The van der Waals surface area contributed by atoms with Gasteiger partial charge in [0.2, 0.25) is 5.91 Å². The quantitative estimate of drug-likeness (QED) is 0.159. The summed E-state index contributed by atoms with van der Waals surface area (Å²) in [5, 5.41) is 3.66. The van der Waals surface area contributed by atoms with Gasteiger partial charge >= 0.3 is 5.97 Å². The van der Waals surface area contributed by atoms with Crippen LogP contribution in [0.2, 0.25) is 0 Å². The summed E-state index contributed by atoms with van der Waals surface area (Å²) >= 11 is 2.31. The van der Waals surface area contributed by atoms with Gasteiger partial charge in [-0.25, -0.2) is 9.78 Å². The van der Waals surface area contributed by atoms with Crippen molar-refractivity contribution in [2.24, 2.45) is 0 Å². The maximum absolute atomic E-state index is 13.7. The van der Waals surface area contributed by atoms with Gasteiger partial charge in [0.25, 0.3) is 5.56 Å². The van der Waals surface area contributed by atoms with E-state index < -0.39 is 5.97 Å². The Labute approximate surface area is 229 Å². The van der Waals surface area contributed by atoms with Crippen molar-refractivity contribution < 1.29 is 19.1 Å². The van der Waals surface area contributed by atoms with E-state index in [9.17, 15) is 14.4 Å². The van der Waals surface area contributed by atoms with Crippen LogP contribution in [0.25, 0.3) is 10.2 Å². The predicted molar refractivity (Wildman–Crippen MR) is 152 cm³/mol. The molecule has 8 nitrogen and oxygen atoms in total. The van der Waals surface area contributed by atoms with Gasteiger partial charge in [-0.05, 0) is 63.1 Å². The second-order valence-corrected chi connectivity index (χ2v) is 10.5. The fourth-order valence-electron chi connectivity index (χ4n) is 3.84. The van der Waals surface area contributed by atoms with Crippen LogP contribution >= 0.6 is 23.1 Å². The summed E-state index contributed by atoms with van der Waals surface area (Å²) in [5.41, 5.74) is 2.99. The number of ether oxygens (including phenoxy) is 2. The summed E-state index contributed by atoms with van der Waals surface area (Å²) < 4.78 is 12.2. The molecular formula is C28H29N3O5S2. The van der Waals surface area contributed by atoms with Crippen LogP contribution < -0.4 is 15.6 Å². The Hall–Kier alpha value is -3.63. The lowest BCUT2D eigenvalue weighted by Crippen LogP contribution is -2.25. The number of rotatable bonds is 10. The molecule has 0 aliphatic carbocycles. The first-order chi connectivity index (χ1) is 18.3. The lowest BCUT2D eigenvalue weighted by molar-refractivity contribution is -0.113. The van der Waals surface area contributed by atoms with Crippen molar-refractivity contribution in [3.63, 3.8) is 0 Å². The second kappa shape index (κ2) is 12.3. The van der Waals surface area contributed by atoms with Gasteiger partial charge in [0.1, 0.15) is 15.5 Å². The van der Waals surface area contributed by atoms with Crippen LogP contribution in [0.15, 0.2) is 58.5 Å². The van der Waals surface area contributed by atoms with Gasteiger partial charge in [-0.3, -0.25) is 14.2 Å². The molecular weight excluding hydrogens is 522 g/mol. The minimum atomic E-state index is -0.471. The highest BCUT2D eigenvalue weighted by Gasteiger charge is 2.23. The van der Waals surface area contributed by atoms with Crippen molar-refractivity contribution in [3.05, 3.63) is 80.5 Å². The number of hydrogen-bond acceptors (Lipinski definition) is 8. The van der Waals surface area contributed by atoms with Gasteiger partial charge in [0.05, 0.1) is 30.9 Å². The third-order valence-corrected chi connectivity index (χ3v) is 7.86. The molecule has 10 heteroatoms. The topological polar surface area (TPSA) is 99.5 Å². The standard InChI is InChI=1S/C28H29N3O5S2/c1-5-35-21-13-11-20(12-14-21)29-22(32)16-37-28-30-25-23(18(4)24(38-25)27(34)36-6-2)26(33)31(28)15-19-9-7-17(3)8-10-19/h7-14H,5-6,15-16H2,1-4H3,(H,29,32). The third-order valence-electron chi connectivity index (χ3n) is 5.72. The number of aryl methyl sites for hydroxylation is 2. The zero-order chi connectivity index (χ0) is 27.2. The number of anilines is 1. The number of aromatic nitrogens is 2. The molecule has 0 radical (unpaired) electrons. The van der Waals surface area contributed by atoms with Crippen LogP contribution in [0.3, 0.4) is 0 Å². The van der Waals surface area contributed by atoms with Gasteiger partial charge in [-0.15, -0.1) is 11.3 Å². The maximum atomic E-state index is 13.7. The van der Waals surface area contributed by atoms with Crippen LogP contribution in [-0.4, -0.2) is 40.4 Å². The molecule has 2 heterocycles. The Morgan fingerprint density at radius 3 is 2.39 bits per heavy atom. The monoisotopic (exact) mass is 551 g/mol. The highest BCUT2D eigenvalue weighted by atomic mass is 32.2. The zero-order valence-electron chi connectivity index (χ0n) is 21.7. The van der Waals surface area contributed by atoms with Crippen molar-refractivity contribution in [1.82, 2.24) is 9.55 Å². The first kappa shape index (κ1) is 27.4. The number of amides is 1. The van der Waals surface area contributed by atoms with E-state index in [4.69, 9.17) is 14.5 Å². The zero-order valence-corrected chi connectivity index (χ0v) is 23.3. The molecule has 0 bridgehead atoms. The molecule has 0 fully saturated rings. The van der Waals surface area contributed by atoms with Gasteiger partial charge in [-0.1, -0.05) is 41.6 Å². The van der Waals surface area contributed by atoms with Crippen molar-refractivity contribution in [2.45, 2.75) is 39.4 Å². The molecule has 198 valence electrons. The highest BCUT2D eigenvalue weighted by molar-refractivity contribution is 7.99. The molecule has 2 aromatic heterocycles. The molecule has 0 aliphatic rings. The normalized spacial score (nSPS) is 10.9. The number of nitrogens with zero attached hydrogens (tertiary/aromatic N) is 2. The largest absolute Gasteiger partial charge is 0.494 e. The average molecular weight is 552 g/mol. The van der Waals surface area contributed by atoms with E-state index in [1.54, 1.807) is 42.7 Å². The maximum Gasteiger partial charge on any atom is 0.348 e. The van der Waals surface area contributed by atoms with E-state index in [1.807, 2.05) is 38.1 Å². The third kappa shape index (κ3) is 6.25. The minimum Gasteiger partial charge on any atom is -0.494 e. The molecule has 38 heavy (non-hydrogen) atoms. The highest BCUT2D eigenvalue weighted by Crippen LogP contribution is 2.30. The first-order valence-corrected chi connectivity index (χ1v) is 14.0. The van der Waals surface area contributed by atoms with Crippen molar-refractivity contribution >= 4 is 50.9 Å². The Kier molecular flexibility index (Phi) is 8.85. The van der Waals surface area contributed by atoms with Crippen LogP contribution in [0, 0.1) is 13.8 Å². The smallest absolute Gasteiger partial charge is 0.348 e. The van der Waals surface area contributed by atoms with E-state index >= 15 is 0 Å². The van der Waals surface area contributed by atoms with E-state index in [1.165, 1.54) is 11.8 Å². The number of fused-ring (bicyclic) bond motifs is 1. The van der Waals surface area contributed by atoms with Crippen molar-refractivity contribution in [2.75, 3.05) is 24.3 Å². The number of thiophene rings is 1. The van der Waals surface area contributed by atoms with Gasteiger partial charge in [0, 0.05) is 5.69 Å². The summed E-state index contributed by atoms with van der Waals surface area (Å²) in [7, 11) is 0. The molecule has 0 unspecified atom stereocenters. The fraction of sp³-hybridized carbons (Fsp3) is 0.286. The van der Waals surface area contributed by atoms with Crippen LogP contribution in [0.5, 0.6) is 5.75 Å². The lowest BCUT2D eigenvalue weighted by atomic mass is 10.1. The molecule has 4 aromatic rings. The van der Waals surface area contributed by atoms with Gasteiger partial charge < -0.3 is 14.8 Å². The molecule has 0 spiro atoms. The van der Waals surface area contributed by atoms with Crippen LogP contribution in [0.1, 0.15) is 40.2 Å². The van der Waals surface area contributed by atoms with Crippen LogP contribution in [-0.2, 0) is 16.1 Å². The number of carbonyl (C=O) groups excluding carboxylic acids is 2. The molecule has 2 aromatic carbocycles. The average Bonchev–Trinajstić information content (AvgIpc) is 3.23.